The van der Waals surface area contributed by atoms with Gasteiger partial charge in [-0.25, -0.2) is 9.97 Å². The maximum atomic E-state index is 5.84. The second kappa shape index (κ2) is 6.03. The highest BCUT2D eigenvalue weighted by molar-refractivity contribution is 7.98. The van der Waals surface area contributed by atoms with Crippen molar-refractivity contribution >= 4 is 39.3 Å². The lowest BCUT2D eigenvalue weighted by molar-refractivity contribution is 1.12. The highest BCUT2D eigenvalue weighted by atomic mass is 32.2. The number of anilines is 1. The molecule has 108 valence electrons. The maximum Gasteiger partial charge on any atom is 0.222 e. The molecule has 0 bridgehead atoms. The van der Waals surface area contributed by atoms with Gasteiger partial charge in [0.25, 0.3) is 0 Å². The average Bonchev–Trinajstić information content (AvgIpc) is 2.87. The molecule has 21 heavy (non-hydrogen) atoms. The molecule has 0 aliphatic rings. The zero-order chi connectivity index (χ0) is 14.8. The van der Waals surface area contributed by atoms with Crippen LogP contribution < -0.4 is 5.73 Å². The summed E-state index contributed by atoms with van der Waals surface area (Å²) < 4.78 is 0. The van der Waals surface area contributed by atoms with Gasteiger partial charge >= 0.3 is 0 Å². The van der Waals surface area contributed by atoms with Crippen molar-refractivity contribution in [2.45, 2.75) is 31.0 Å². The van der Waals surface area contributed by atoms with Crippen LogP contribution in [0.4, 0.5) is 5.95 Å². The fraction of sp³-hybridized carbons (Fsp3) is 0.250. The fourth-order valence-electron chi connectivity index (χ4n) is 2.20. The molecule has 2 aromatic heterocycles. The molecular weight excluding hydrogens is 298 g/mol. The highest BCUT2D eigenvalue weighted by Gasteiger charge is 2.11. The number of thioether (sulfide) groups is 1. The zero-order valence-corrected chi connectivity index (χ0v) is 13.7. The standard InChI is InChI=1S/C16H17N3S2/c1-3-12-8-13-14(18-16(17)19-15(13)21-12)20-9-11-6-4-5-10(2)7-11/h4-8H,3,9H2,1-2H3,(H2,17,18,19). The molecule has 0 aliphatic carbocycles. The number of rotatable bonds is 4. The quantitative estimate of drug-likeness (QED) is 0.571. The van der Waals surface area contributed by atoms with Gasteiger partial charge in [0.15, 0.2) is 0 Å². The monoisotopic (exact) mass is 315 g/mol. The van der Waals surface area contributed by atoms with E-state index in [9.17, 15) is 0 Å². The number of hydrogen-bond donors (Lipinski definition) is 1. The molecular formula is C16H17N3S2. The molecule has 3 nitrogen and oxygen atoms in total. The molecule has 5 heteroatoms. The topological polar surface area (TPSA) is 51.8 Å². The van der Waals surface area contributed by atoms with Crippen LogP contribution in [0.5, 0.6) is 0 Å². The van der Waals surface area contributed by atoms with Crippen molar-refractivity contribution in [1.82, 2.24) is 9.97 Å². The Bertz CT molecular complexity index is 780. The molecule has 0 saturated carbocycles. The van der Waals surface area contributed by atoms with E-state index in [0.717, 1.165) is 27.4 Å². The summed E-state index contributed by atoms with van der Waals surface area (Å²) in [7, 11) is 0. The van der Waals surface area contributed by atoms with Crippen molar-refractivity contribution in [2.24, 2.45) is 0 Å². The van der Waals surface area contributed by atoms with E-state index in [2.05, 4.69) is 54.1 Å². The number of nitrogens with two attached hydrogens (primary N) is 1. The normalized spacial score (nSPS) is 11.1. The van der Waals surface area contributed by atoms with Crippen LogP contribution in [0.25, 0.3) is 10.2 Å². The molecule has 1 aromatic carbocycles. The van der Waals surface area contributed by atoms with E-state index < -0.39 is 0 Å². The number of nitrogen functional groups attached to an aromatic ring is 1. The highest BCUT2D eigenvalue weighted by Crippen LogP contribution is 2.33. The number of nitrogens with zero attached hydrogens (tertiary/aromatic N) is 2. The van der Waals surface area contributed by atoms with Crippen molar-refractivity contribution in [2.75, 3.05) is 5.73 Å². The lowest BCUT2D eigenvalue weighted by Gasteiger charge is -2.04. The number of hydrogen-bond acceptors (Lipinski definition) is 5. The first-order valence-corrected chi connectivity index (χ1v) is 8.70. The lowest BCUT2D eigenvalue weighted by Crippen LogP contribution is -1.95. The SMILES string of the molecule is CCc1cc2c(SCc3cccc(C)c3)nc(N)nc2s1. The predicted molar refractivity (Wildman–Crippen MR) is 91.9 cm³/mol. The van der Waals surface area contributed by atoms with Crippen LogP contribution >= 0.6 is 23.1 Å². The van der Waals surface area contributed by atoms with Crippen molar-refractivity contribution in [3.05, 3.63) is 46.3 Å². The Morgan fingerprint density at radius 3 is 2.86 bits per heavy atom. The summed E-state index contributed by atoms with van der Waals surface area (Å²) in [4.78, 5) is 11.1. The van der Waals surface area contributed by atoms with Gasteiger partial charge in [0.1, 0.15) is 9.86 Å². The first kappa shape index (κ1) is 14.4. The number of benzene rings is 1. The van der Waals surface area contributed by atoms with Crippen LogP contribution in [0.15, 0.2) is 35.4 Å². The smallest absolute Gasteiger partial charge is 0.222 e. The van der Waals surface area contributed by atoms with Crippen molar-refractivity contribution < 1.29 is 0 Å². The molecule has 0 aliphatic heterocycles. The Morgan fingerprint density at radius 1 is 1.24 bits per heavy atom. The maximum absolute atomic E-state index is 5.84. The van der Waals surface area contributed by atoms with Gasteiger partial charge in [-0.2, -0.15) is 0 Å². The molecule has 0 unspecified atom stereocenters. The summed E-state index contributed by atoms with van der Waals surface area (Å²) in [6.07, 6.45) is 1.02. The minimum absolute atomic E-state index is 0.360. The van der Waals surface area contributed by atoms with E-state index in [0.29, 0.717) is 5.95 Å². The lowest BCUT2D eigenvalue weighted by atomic mass is 10.2. The molecule has 0 fully saturated rings. The molecule has 0 amide bonds. The number of fused-ring (bicyclic) bond motifs is 1. The van der Waals surface area contributed by atoms with Crippen LogP contribution in [0.1, 0.15) is 22.9 Å². The van der Waals surface area contributed by atoms with E-state index in [4.69, 9.17) is 5.73 Å². The second-order valence-electron chi connectivity index (χ2n) is 4.95. The van der Waals surface area contributed by atoms with Gasteiger partial charge in [-0.15, -0.1) is 23.1 Å². The van der Waals surface area contributed by atoms with Crippen molar-refractivity contribution in [1.29, 1.82) is 0 Å². The zero-order valence-electron chi connectivity index (χ0n) is 12.1. The van der Waals surface area contributed by atoms with Gasteiger partial charge < -0.3 is 5.73 Å². The van der Waals surface area contributed by atoms with Crippen molar-refractivity contribution in [3.8, 4) is 0 Å². The summed E-state index contributed by atoms with van der Waals surface area (Å²) in [6, 6.07) is 10.8. The van der Waals surface area contributed by atoms with Gasteiger partial charge in [0, 0.05) is 16.0 Å². The Kier molecular flexibility index (Phi) is 4.12. The van der Waals surface area contributed by atoms with Crippen LogP contribution in [0, 0.1) is 6.92 Å². The molecule has 3 aromatic rings. The van der Waals surface area contributed by atoms with Crippen LogP contribution in [-0.2, 0) is 12.2 Å². The largest absolute Gasteiger partial charge is 0.368 e. The van der Waals surface area contributed by atoms with Gasteiger partial charge in [0.2, 0.25) is 5.95 Å². The van der Waals surface area contributed by atoms with Crippen LogP contribution in [0.3, 0.4) is 0 Å². The molecule has 2 N–H and O–H groups in total. The first-order chi connectivity index (χ1) is 10.2. The Morgan fingerprint density at radius 2 is 2.10 bits per heavy atom. The summed E-state index contributed by atoms with van der Waals surface area (Å²) in [6.45, 7) is 4.27. The number of thiophene rings is 1. The Hall–Kier alpha value is -1.59. The van der Waals surface area contributed by atoms with E-state index >= 15 is 0 Å². The van der Waals surface area contributed by atoms with Gasteiger partial charge in [-0.1, -0.05) is 36.8 Å². The first-order valence-electron chi connectivity index (χ1n) is 6.90. The van der Waals surface area contributed by atoms with E-state index in [1.807, 2.05) is 0 Å². The number of aromatic nitrogens is 2. The molecule has 0 radical (unpaired) electrons. The van der Waals surface area contributed by atoms with Crippen LogP contribution in [0.2, 0.25) is 0 Å². The Labute approximate surface area is 132 Å². The van der Waals surface area contributed by atoms with E-state index in [1.54, 1.807) is 23.1 Å². The summed E-state index contributed by atoms with van der Waals surface area (Å²) >= 11 is 3.43. The minimum Gasteiger partial charge on any atom is -0.368 e. The predicted octanol–water partition coefficient (Wildman–Crippen LogP) is 4.44. The number of aryl methyl sites for hydroxylation is 2. The average molecular weight is 315 g/mol. The fourth-order valence-corrected chi connectivity index (χ4v) is 4.19. The summed E-state index contributed by atoms with van der Waals surface area (Å²) in [5.41, 5.74) is 8.42. The summed E-state index contributed by atoms with van der Waals surface area (Å²) in [5, 5.41) is 2.11. The van der Waals surface area contributed by atoms with Gasteiger partial charge in [0.05, 0.1) is 0 Å². The third-order valence-corrected chi connectivity index (χ3v) is 5.47. The molecule has 3 rings (SSSR count). The minimum atomic E-state index is 0.360. The molecule has 2 heterocycles. The Balaban J connectivity index is 1.90. The third-order valence-electron chi connectivity index (χ3n) is 3.23. The molecule has 0 spiro atoms. The van der Waals surface area contributed by atoms with Gasteiger partial charge in [-0.05, 0) is 25.0 Å². The van der Waals surface area contributed by atoms with Gasteiger partial charge in [-0.3, -0.25) is 0 Å². The molecule has 0 atom stereocenters. The van der Waals surface area contributed by atoms with E-state index in [1.165, 1.54) is 16.0 Å². The van der Waals surface area contributed by atoms with Crippen molar-refractivity contribution in [3.63, 3.8) is 0 Å². The second-order valence-corrected chi connectivity index (χ2v) is 7.03. The third kappa shape index (κ3) is 3.19. The van der Waals surface area contributed by atoms with Crippen LogP contribution in [-0.4, -0.2) is 9.97 Å². The summed E-state index contributed by atoms with van der Waals surface area (Å²) in [5.74, 6) is 1.25. The van der Waals surface area contributed by atoms with E-state index in [-0.39, 0.29) is 0 Å². The molecule has 0 saturated heterocycles.